The summed E-state index contributed by atoms with van der Waals surface area (Å²) in [6.07, 6.45) is 0. The number of carbonyl (C=O) groups is 1. The van der Waals surface area contributed by atoms with Crippen molar-refractivity contribution in [2.24, 2.45) is 5.92 Å². The summed E-state index contributed by atoms with van der Waals surface area (Å²) in [5.74, 6) is -0.290. The predicted octanol–water partition coefficient (Wildman–Crippen LogP) is 1.17. The van der Waals surface area contributed by atoms with Gasteiger partial charge in [-0.25, -0.2) is 4.39 Å². The van der Waals surface area contributed by atoms with Crippen molar-refractivity contribution in [1.29, 1.82) is 0 Å². The van der Waals surface area contributed by atoms with Crippen LogP contribution in [0.2, 0.25) is 0 Å². The van der Waals surface area contributed by atoms with Gasteiger partial charge in [0.05, 0.1) is 12.2 Å². The van der Waals surface area contributed by atoms with E-state index >= 15 is 0 Å². The number of amides is 1. The highest BCUT2D eigenvalue weighted by molar-refractivity contribution is 5.97. The van der Waals surface area contributed by atoms with E-state index in [9.17, 15) is 9.18 Å². The van der Waals surface area contributed by atoms with Gasteiger partial charge in [-0.1, -0.05) is 6.07 Å². The molecule has 0 atom stereocenters. The molecule has 1 aromatic rings. The van der Waals surface area contributed by atoms with Crippen molar-refractivity contribution in [3.05, 3.63) is 29.6 Å². The van der Waals surface area contributed by atoms with Crippen molar-refractivity contribution in [2.75, 3.05) is 26.2 Å². The normalized spacial score (nSPS) is 15.0. The van der Waals surface area contributed by atoms with Gasteiger partial charge in [-0.3, -0.25) is 4.79 Å². The Morgan fingerprint density at radius 1 is 1.56 bits per heavy atom. The highest BCUT2D eigenvalue weighted by Gasteiger charge is 2.20. The molecule has 1 aliphatic heterocycles. The van der Waals surface area contributed by atoms with Crippen molar-refractivity contribution in [3.63, 3.8) is 0 Å². The average molecular weight is 252 g/mol. The number of halogens is 1. The van der Waals surface area contributed by atoms with Crippen LogP contribution in [-0.2, 0) is 0 Å². The Bertz CT molecular complexity index is 433. The summed E-state index contributed by atoms with van der Waals surface area (Å²) in [7, 11) is 0. The molecule has 4 nitrogen and oxygen atoms in total. The first-order valence-corrected chi connectivity index (χ1v) is 6.12. The third-order valence-corrected chi connectivity index (χ3v) is 2.92. The Morgan fingerprint density at radius 2 is 2.33 bits per heavy atom. The Morgan fingerprint density at radius 3 is 2.94 bits per heavy atom. The summed E-state index contributed by atoms with van der Waals surface area (Å²) in [5, 5.41) is 5.93. The lowest BCUT2D eigenvalue weighted by Gasteiger charge is -2.27. The minimum Gasteiger partial charge on any atom is -0.490 e. The summed E-state index contributed by atoms with van der Waals surface area (Å²) in [6, 6.07) is 4.37. The fraction of sp³-hybridized carbons (Fsp3) is 0.462. The standard InChI is InChI=1S/C13H17FN2O2/c1-2-18-12-10(4-3-5-11(12)14)13(17)16-8-9-6-15-7-9/h3-5,9,15H,2,6-8H2,1H3,(H,16,17). The molecule has 0 aliphatic carbocycles. The molecule has 0 bridgehead atoms. The van der Waals surface area contributed by atoms with Gasteiger partial charge in [0.15, 0.2) is 11.6 Å². The van der Waals surface area contributed by atoms with E-state index in [-0.39, 0.29) is 17.2 Å². The Balaban J connectivity index is 2.05. The van der Waals surface area contributed by atoms with Crippen LogP contribution in [0.1, 0.15) is 17.3 Å². The summed E-state index contributed by atoms with van der Waals surface area (Å²) in [6.45, 7) is 4.53. The molecule has 0 unspecified atom stereocenters. The number of nitrogens with one attached hydrogen (secondary N) is 2. The van der Waals surface area contributed by atoms with Gasteiger partial charge in [0.1, 0.15) is 0 Å². The highest BCUT2D eigenvalue weighted by atomic mass is 19.1. The van der Waals surface area contributed by atoms with Crippen LogP contribution in [0.25, 0.3) is 0 Å². The van der Waals surface area contributed by atoms with Crippen LogP contribution in [0, 0.1) is 11.7 Å². The lowest BCUT2D eigenvalue weighted by Crippen LogP contribution is -2.48. The summed E-state index contributed by atoms with van der Waals surface area (Å²) >= 11 is 0. The molecule has 1 aromatic carbocycles. The number of hydrogen-bond donors (Lipinski definition) is 2. The van der Waals surface area contributed by atoms with E-state index in [0.29, 0.717) is 19.1 Å². The van der Waals surface area contributed by atoms with Crippen LogP contribution >= 0.6 is 0 Å². The van der Waals surface area contributed by atoms with E-state index in [0.717, 1.165) is 13.1 Å². The van der Waals surface area contributed by atoms with Gasteiger partial charge in [0.2, 0.25) is 0 Å². The topological polar surface area (TPSA) is 50.4 Å². The number of rotatable bonds is 5. The van der Waals surface area contributed by atoms with Gasteiger partial charge in [-0.15, -0.1) is 0 Å². The number of para-hydroxylation sites is 1. The monoisotopic (exact) mass is 252 g/mol. The molecule has 98 valence electrons. The smallest absolute Gasteiger partial charge is 0.255 e. The molecule has 0 saturated carbocycles. The van der Waals surface area contributed by atoms with Crippen molar-refractivity contribution >= 4 is 5.91 Å². The number of ether oxygens (including phenoxy) is 1. The molecule has 0 aromatic heterocycles. The van der Waals surface area contributed by atoms with E-state index in [1.807, 2.05) is 0 Å². The maximum absolute atomic E-state index is 13.6. The van der Waals surface area contributed by atoms with E-state index in [4.69, 9.17) is 4.74 Å². The molecule has 5 heteroatoms. The van der Waals surface area contributed by atoms with E-state index in [1.54, 1.807) is 13.0 Å². The van der Waals surface area contributed by atoms with Crippen molar-refractivity contribution in [1.82, 2.24) is 10.6 Å². The molecule has 2 rings (SSSR count). The molecule has 0 radical (unpaired) electrons. The van der Waals surface area contributed by atoms with Crippen LogP contribution in [0.15, 0.2) is 18.2 Å². The Hall–Kier alpha value is -1.62. The third kappa shape index (κ3) is 2.79. The largest absolute Gasteiger partial charge is 0.490 e. The predicted molar refractivity (Wildman–Crippen MR) is 66.3 cm³/mol. The van der Waals surface area contributed by atoms with Gasteiger partial charge in [-0.2, -0.15) is 0 Å². The zero-order valence-electron chi connectivity index (χ0n) is 10.3. The van der Waals surface area contributed by atoms with E-state index in [2.05, 4.69) is 10.6 Å². The molecule has 0 spiro atoms. The molecule has 18 heavy (non-hydrogen) atoms. The first kappa shape index (κ1) is 12.8. The minimum absolute atomic E-state index is 0.0317. The number of hydrogen-bond acceptors (Lipinski definition) is 3. The Labute approximate surface area is 106 Å². The number of carbonyl (C=O) groups excluding carboxylic acids is 1. The van der Waals surface area contributed by atoms with E-state index < -0.39 is 5.82 Å². The molecule has 2 N–H and O–H groups in total. The zero-order chi connectivity index (χ0) is 13.0. The summed E-state index contributed by atoms with van der Waals surface area (Å²) in [4.78, 5) is 12.0. The average Bonchev–Trinajstić information content (AvgIpc) is 2.29. The molecule has 1 aliphatic rings. The van der Waals surface area contributed by atoms with Gasteiger partial charge in [0, 0.05) is 25.6 Å². The van der Waals surface area contributed by atoms with Gasteiger partial charge < -0.3 is 15.4 Å². The van der Waals surface area contributed by atoms with Crippen LogP contribution in [-0.4, -0.2) is 32.1 Å². The van der Waals surface area contributed by atoms with Crippen LogP contribution < -0.4 is 15.4 Å². The molecule has 1 saturated heterocycles. The summed E-state index contributed by atoms with van der Waals surface area (Å²) in [5.41, 5.74) is 0.254. The van der Waals surface area contributed by atoms with Crippen LogP contribution in [0.3, 0.4) is 0 Å². The molecule has 1 heterocycles. The summed E-state index contributed by atoms with van der Waals surface area (Å²) < 4.78 is 18.7. The molecule has 1 amide bonds. The van der Waals surface area contributed by atoms with Gasteiger partial charge in [-0.05, 0) is 19.1 Å². The van der Waals surface area contributed by atoms with E-state index in [1.165, 1.54) is 12.1 Å². The lowest BCUT2D eigenvalue weighted by atomic mass is 10.0. The quantitative estimate of drug-likeness (QED) is 0.827. The van der Waals surface area contributed by atoms with Crippen LogP contribution in [0.5, 0.6) is 5.75 Å². The third-order valence-electron chi connectivity index (χ3n) is 2.92. The molecular weight excluding hydrogens is 235 g/mol. The van der Waals surface area contributed by atoms with Crippen molar-refractivity contribution in [3.8, 4) is 5.75 Å². The SMILES string of the molecule is CCOc1c(F)cccc1C(=O)NCC1CNC1. The highest BCUT2D eigenvalue weighted by Crippen LogP contribution is 2.22. The maximum atomic E-state index is 13.6. The first-order chi connectivity index (χ1) is 8.72. The fourth-order valence-electron chi connectivity index (χ4n) is 1.80. The second kappa shape index (κ2) is 5.82. The van der Waals surface area contributed by atoms with Crippen LogP contribution in [0.4, 0.5) is 4.39 Å². The number of benzene rings is 1. The first-order valence-electron chi connectivity index (χ1n) is 6.12. The lowest BCUT2D eigenvalue weighted by molar-refractivity contribution is 0.0937. The molecular formula is C13H17FN2O2. The second-order valence-corrected chi connectivity index (χ2v) is 4.28. The van der Waals surface area contributed by atoms with Gasteiger partial charge in [0.25, 0.3) is 5.91 Å². The Kier molecular flexibility index (Phi) is 4.15. The molecule has 1 fully saturated rings. The minimum atomic E-state index is -0.505. The maximum Gasteiger partial charge on any atom is 0.255 e. The van der Waals surface area contributed by atoms with Crippen molar-refractivity contribution < 1.29 is 13.9 Å². The fourth-order valence-corrected chi connectivity index (χ4v) is 1.80. The second-order valence-electron chi connectivity index (χ2n) is 4.28. The van der Waals surface area contributed by atoms with Crippen molar-refractivity contribution in [2.45, 2.75) is 6.92 Å². The zero-order valence-corrected chi connectivity index (χ0v) is 10.3. The van der Waals surface area contributed by atoms with Gasteiger partial charge >= 0.3 is 0 Å².